The van der Waals surface area contributed by atoms with E-state index in [0.717, 1.165) is 11.3 Å². The van der Waals surface area contributed by atoms with Gasteiger partial charge in [-0.1, -0.05) is 35.9 Å². The molecule has 2 rings (SSSR count). The molecule has 0 amide bonds. The molecule has 0 saturated carbocycles. The summed E-state index contributed by atoms with van der Waals surface area (Å²) in [5.41, 5.74) is 1.42. The van der Waals surface area contributed by atoms with E-state index in [1.807, 2.05) is 24.3 Å². The van der Waals surface area contributed by atoms with E-state index in [0.29, 0.717) is 10.6 Å². The molecule has 0 aliphatic carbocycles. The summed E-state index contributed by atoms with van der Waals surface area (Å²) >= 11 is 5.78. The summed E-state index contributed by atoms with van der Waals surface area (Å²) in [5.74, 6) is 0.383. The van der Waals surface area contributed by atoms with Crippen LogP contribution in [0.1, 0.15) is 17.2 Å². The van der Waals surface area contributed by atoms with Crippen molar-refractivity contribution in [3.05, 3.63) is 64.4 Å². The molecule has 2 aromatic rings. The Balaban J connectivity index is 2.50. The zero-order valence-electron chi connectivity index (χ0n) is 10.8. The fraction of sp³-hybridized carbons (Fsp3) is 0.200. The molecule has 0 fully saturated rings. The highest BCUT2D eigenvalue weighted by molar-refractivity contribution is 6.30. The van der Waals surface area contributed by atoms with Crippen LogP contribution in [0, 0.1) is 5.82 Å². The summed E-state index contributed by atoms with van der Waals surface area (Å²) in [4.78, 5) is 0. The molecule has 1 atom stereocenters. The minimum atomic E-state index is -0.335. The van der Waals surface area contributed by atoms with Gasteiger partial charge in [-0.25, -0.2) is 4.39 Å². The topological polar surface area (TPSA) is 21.3 Å². The van der Waals surface area contributed by atoms with Crippen molar-refractivity contribution in [1.29, 1.82) is 0 Å². The van der Waals surface area contributed by atoms with Crippen LogP contribution in [0.15, 0.2) is 42.5 Å². The normalized spacial score (nSPS) is 12.2. The molecule has 0 aliphatic heterocycles. The van der Waals surface area contributed by atoms with Crippen molar-refractivity contribution in [2.75, 3.05) is 14.2 Å². The van der Waals surface area contributed by atoms with Crippen LogP contribution >= 0.6 is 11.6 Å². The van der Waals surface area contributed by atoms with Gasteiger partial charge in [-0.05, 0) is 25.2 Å². The first kappa shape index (κ1) is 13.8. The molecule has 2 nitrogen and oxygen atoms in total. The Kier molecular flexibility index (Phi) is 4.40. The number of para-hydroxylation sites is 1. The van der Waals surface area contributed by atoms with Crippen LogP contribution in [0.5, 0.6) is 5.75 Å². The van der Waals surface area contributed by atoms with Gasteiger partial charge in [0, 0.05) is 16.1 Å². The number of halogens is 2. The zero-order valence-corrected chi connectivity index (χ0v) is 11.5. The third kappa shape index (κ3) is 2.88. The second kappa shape index (κ2) is 6.04. The van der Waals surface area contributed by atoms with Crippen LogP contribution in [-0.2, 0) is 0 Å². The smallest absolute Gasteiger partial charge is 0.129 e. The fourth-order valence-electron chi connectivity index (χ4n) is 2.12. The standard InChI is InChI=1S/C15H15ClFNO/c1-18-15(11-8-7-10(16)9-13(11)17)12-5-3-4-6-14(12)19-2/h3-9,15,18H,1-2H3. The van der Waals surface area contributed by atoms with Crippen molar-refractivity contribution in [2.45, 2.75) is 6.04 Å². The highest BCUT2D eigenvalue weighted by Gasteiger charge is 2.19. The Morgan fingerprint density at radius 1 is 1.16 bits per heavy atom. The molecule has 0 radical (unpaired) electrons. The maximum absolute atomic E-state index is 14.0. The monoisotopic (exact) mass is 279 g/mol. The van der Waals surface area contributed by atoms with Crippen LogP contribution in [0.2, 0.25) is 5.02 Å². The van der Waals surface area contributed by atoms with E-state index in [1.165, 1.54) is 6.07 Å². The van der Waals surface area contributed by atoms with E-state index >= 15 is 0 Å². The van der Waals surface area contributed by atoms with Gasteiger partial charge in [0.1, 0.15) is 11.6 Å². The summed E-state index contributed by atoms with van der Waals surface area (Å²) in [5, 5.41) is 3.49. The van der Waals surface area contributed by atoms with E-state index in [-0.39, 0.29) is 11.9 Å². The maximum Gasteiger partial charge on any atom is 0.129 e. The predicted octanol–water partition coefficient (Wildman–Crippen LogP) is 3.80. The fourth-order valence-corrected chi connectivity index (χ4v) is 2.28. The summed E-state index contributed by atoms with van der Waals surface area (Å²) < 4.78 is 19.4. The molecule has 2 aromatic carbocycles. The Hall–Kier alpha value is -1.58. The molecule has 1 N–H and O–H groups in total. The van der Waals surface area contributed by atoms with E-state index < -0.39 is 0 Å². The summed E-state index contributed by atoms with van der Waals surface area (Å²) in [6.45, 7) is 0. The first-order valence-corrected chi connectivity index (χ1v) is 6.30. The third-order valence-electron chi connectivity index (χ3n) is 3.01. The molecule has 4 heteroatoms. The molecule has 0 spiro atoms. The molecule has 0 saturated heterocycles. The van der Waals surface area contributed by atoms with Crippen molar-refractivity contribution < 1.29 is 9.13 Å². The number of methoxy groups -OCH3 is 1. The average Bonchev–Trinajstić information content (AvgIpc) is 2.42. The Morgan fingerprint density at radius 3 is 2.53 bits per heavy atom. The Morgan fingerprint density at radius 2 is 1.89 bits per heavy atom. The van der Waals surface area contributed by atoms with Crippen LogP contribution in [0.4, 0.5) is 4.39 Å². The van der Waals surface area contributed by atoms with Gasteiger partial charge in [0.15, 0.2) is 0 Å². The molecule has 0 heterocycles. The van der Waals surface area contributed by atoms with E-state index in [9.17, 15) is 4.39 Å². The Labute approximate surface area is 117 Å². The molecule has 0 bridgehead atoms. The molecular formula is C15H15ClFNO. The molecule has 0 aromatic heterocycles. The molecule has 1 unspecified atom stereocenters. The second-order valence-electron chi connectivity index (χ2n) is 4.13. The highest BCUT2D eigenvalue weighted by atomic mass is 35.5. The van der Waals surface area contributed by atoms with Gasteiger partial charge >= 0.3 is 0 Å². The quantitative estimate of drug-likeness (QED) is 0.919. The first-order valence-electron chi connectivity index (χ1n) is 5.92. The second-order valence-corrected chi connectivity index (χ2v) is 4.57. The minimum absolute atomic E-state index is 0.284. The van der Waals surface area contributed by atoms with Crippen molar-refractivity contribution in [2.24, 2.45) is 0 Å². The van der Waals surface area contributed by atoms with Crippen molar-refractivity contribution in [3.63, 3.8) is 0 Å². The van der Waals surface area contributed by atoms with E-state index in [4.69, 9.17) is 16.3 Å². The lowest BCUT2D eigenvalue weighted by Gasteiger charge is -2.20. The largest absolute Gasteiger partial charge is 0.496 e. The van der Waals surface area contributed by atoms with E-state index in [1.54, 1.807) is 26.3 Å². The SMILES string of the molecule is CNC(c1ccc(Cl)cc1F)c1ccccc1OC. The number of benzene rings is 2. The van der Waals surface area contributed by atoms with Crippen LogP contribution in [0.3, 0.4) is 0 Å². The summed E-state index contributed by atoms with van der Waals surface area (Å²) in [6, 6.07) is 11.9. The number of hydrogen-bond donors (Lipinski definition) is 1. The lowest BCUT2D eigenvalue weighted by molar-refractivity contribution is 0.404. The number of hydrogen-bond acceptors (Lipinski definition) is 2. The third-order valence-corrected chi connectivity index (χ3v) is 3.25. The lowest BCUT2D eigenvalue weighted by atomic mass is 9.97. The maximum atomic E-state index is 14.0. The molecule has 19 heavy (non-hydrogen) atoms. The van der Waals surface area contributed by atoms with Crippen molar-refractivity contribution >= 4 is 11.6 Å². The average molecular weight is 280 g/mol. The highest BCUT2D eigenvalue weighted by Crippen LogP contribution is 2.31. The minimum Gasteiger partial charge on any atom is -0.496 e. The Bertz CT molecular complexity index is 574. The number of rotatable bonds is 4. The van der Waals surface area contributed by atoms with Gasteiger partial charge in [-0.2, -0.15) is 0 Å². The molecule has 100 valence electrons. The van der Waals surface area contributed by atoms with Gasteiger partial charge in [0.2, 0.25) is 0 Å². The number of nitrogens with one attached hydrogen (secondary N) is 1. The van der Waals surface area contributed by atoms with Gasteiger partial charge in [0.05, 0.1) is 13.2 Å². The van der Waals surface area contributed by atoms with Gasteiger partial charge in [-0.15, -0.1) is 0 Å². The summed E-state index contributed by atoms with van der Waals surface area (Å²) in [6.07, 6.45) is 0. The van der Waals surface area contributed by atoms with Gasteiger partial charge in [-0.3, -0.25) is 0 Å². The van der Waals surface area contributed by atoms with Crippen LogP contribution in [0.25, 0.3) is 0 Å². The summed E-state index contributed by atoms with van der Waals surface area (Å²) in [7, 11) is 3.38. The van der Waals surface area contributed by atoms with E-state index in [2.05, 4.69) is 5.32 Å². The van der Waals surface area contributed by atoms with Crippen molar-refractivity contribution in [3.8, 4) is 5.75 Å². The van der Waals surface area contributed by atoms with Crippen molar-refractivity contribution in [1.82, 2.24) is 5.32 Å². The van der Waals surface area contributed by atoms with Crippen LogP contribution < -0.4 is 10.1 Å². The predicted molar refractivity (Wildman–Crippen MR) is 75.3 cm³/mol. The van der Waals surface area contributed by atoms with Crippen LogP contribution in [-0.4, -0.2) is 14.2 Å². The van der Waals surface area contributed by atoms with Gasteiger partial charge in [0.25, 0.3) is 0 Å². The van der Waals surface area contributed by atoms with Gasteiger partial charge < -0.3 is 10.1 Å². The number of ether oxygens (including phenoxy) is 1. The molecule has 0 aliphatic rings. The first-order chi connectivity index (χ1) is 9.17. The molecular weight excluding hydrogens is 265 g/mol. The lowest BCUT2D eigenvalue weighted by Crippen LogP contribution is -2.19. The zero-order chi connectivity index (χ0) is 13.8.